The second kappa shape index (κ2) is 4.97. The molecule has 20 heavy (non-hydrogen) atoms. The van der Waals surface area contributed by atoms with Gasteiger partial charge in [-0.05, 0) is 33.0 Å². The van der Waals surface area contributed by atoms with Crippen LogP contribution in [0.5, 0.6) is 0 Å². The van der Waals surface area contributed by atoms with Gasteiger partial charge in [-0.3, -0.25) is 0 Å². The maximum Gasteiger partial charge on any atom is 0.0484 e. The molecule has 0 aromatic heterocycles. The number of fused-ring (bicyclic) bond motifs is 5. The van der Waals surface area contributed by atoms with Gasteiger partial charge in [0, 0.05) is 10.4 Å². The first kappa shape index (κ1) is 13.2. The SMILES string of the molecule is Cl.Clc1cccc2c1ccc1c3ccccc3ccc21. The summed E-state index contributed by atoms with van der Waals surface area (Å²) in [6, 6.07) is 23.2. The van der Waals surface area contributed by atoms with Gasteiger partial charge in [0.2, 0.25) is 0 Å². The van der Waals surface area contributed by atoms with Gasteiger partial charge >= 0.3 is 0 Å². The first-order chi connectivity index (χ1) is 9.34. The fourth-order valence-electron chi connectivity index (χ4n) is 2.82. The topological polar surface area (TPSA) is 0 Å². The molecule has 2 heteroatoms. The van der Waals surface area contributed by atoms with E-state index in [1.54, 1.807) is 0 Å². The van der Waals surface area contributed by atoms with E-state index in [2.05, 4.69) is 54.6 Å². The fourth-order valence-corrected chi connectivity index (χ4v) is 3.06. The van der Waals surface area contributed by atoms with Crippen molar-refractivity contribution in [3.05, 3.63) is 71.8 Å². The van der Waals surface area contributed by atoms with Gasteiger partial charge in [0.15, 0.2) is 0 Å². The van der Waals surface area contributed by atoms with Gasteiger partial charge in [-0.15, -0.1) is 12.4 Å². The molecule has 0 nitrogen and oxygen atoms in total. The summed E-state index contributed by atoms with van der Waals surface area (Å²) >= 11 is 6.28. The van der Waals surface area contributed by atoms with Gasteiger partial charge in [-0.25, -0.2) is 0 Å². The van der Waals surface area contributed by atoms with Crippen LogP contribution in [0.2, 0.25) is 5.02 Å². The highest BCUT2D eigenvalue weighted by molar-refractivity contribution is 6.36. The van der Waals surface area contributed by atoms with Crippen LogP contribution in [-0.2, 0) is 0 Å². The standard InChI is InChI=1S/C18H11Cl.ClH/c19-18-7-3-6-14-16-9-8-12-4-1-2-5-13(12)15(16)10-11-17(14)18;/h1-11H;1H. The maximum atomic E-state index is 6.28. The zero-order chi connectivity index (χ0) is 12.8. The van der Waals surface area contributed by atoms with Gasteiger partial charge in [-0.2, -0.15) is 0 Å². The summed E-state index contributed by atoms with van der Waals surface area (Å²) in [5, 5.41) is 8.26. The van der Waals surface area contributed by atoms with Crippen molar-refractivity contribution in [3.8, 4) is 0 Å². The van der Waals surface area contributed by atoms with Crippen molar-refractivity contribution in [2.24, 2.45) is 0 Å². The van der Waals surface area contributed by atoms with Crippen LogP contribution in [-0.4, -0.2) is 0 Å². The van der Waals surface area contributed by atoms with Crippen molar-refractivity contribution < 1.29 is 0 Å². The molecule has 0 aliphatic rings. The van der Waals surface area contributed by atoms with Crippen LogP contribution in [0, 0.1) is 0 Å². The molecule has 0 N–H and O–H groups in total. The van der Waals surface area contributed by atoms with Crippen LogP contribution >= 0.6 is 24.0 Å². The highest BCUT2D eigenvalue weighted by Crippen LogP contribution is 2.33. The molecular formula is C18H12Cl2. The summed E-state index contributed by atoms with van der Waals surface area (Å²) < 4.78 is 0. The Kier molecular flexibility index (Phi) is 3.29. The maximum absolute atomic E-state index is 6.28. The van der Waals surface area contributed by atoms with E-state index >= 15 is 0 Å². The molecular weight excluding hydrogens is 287 g/mol. The first-order valence-corrected chi connectivity index (χ1v) is 6.71. The van der Waals surface area contributed by atoms with E-state index in [0.29, 0.717) is 0 Å². The molecule has 0 aliphatic carbocycles. The summed E-state index contributed by atoms with van der Waals surface area (Å²) in [6.45, 7) is 0. The lowest BCUT2D eigenvalue weighted by Crippen LogP contribution is -1.81. The number of hydrogen-bond donors (Lipinski definition) is 0. The molecule has 0 heterocycles. The Morgan fingerprint density at radius 3 is 2.00 bits per heavy atom. The predicted octanol–water partition coefficient (Wildman–Crippen LogP) is 6.22. The van der Waals surface area contributed by atoms with E-state index in [0.717, 1.165) is 10.4 Å². The van der Waals surface area contributed by atoms with Crippen molar-refractivity contribution in [3.63, 3.8) is 0 Å². The number of benzene rings is 4. The minimum atomic E-state index is 0. The molecule has 0 fully saturated rings. The van der Waals surface area contributed by atoms with Crippen molar-refractivity contribution in [1.82, 2.24) is 0 Å². The molecule has 0 atom stereocenters. The Balaban J connectivity index is 0.00000121. The molecule has 4 aromatic rings. The van der Waals surface area contributed by atoms with E-state index in [-0.39, 0.29) is 12.4 Å². The molecule has 0 bridgehead atoms. The lowest BCUT2D eigenvalue weighted by molar-refractivity contribution is 1.77. The molecule has 4 rings (SSSR count). The number of halogens is 2. The normalized spacial score (nSPS) is 10.8. The Bertz CT molecular complexity index is 926. The minimum absolute atomic E-state index is 0. The lowest BCUT2D eigenvalue weighted by Gasteiger charge is -2.08. The van der Waals surface area contributed by atoms with Crippen LogP contribution in [0.25, 0.3) is 32.3 Å². The number of hydrogen-bond acceptors (Lipinski definition) is 0. The second-order valence-corrected chi connectivity index (χ2v) is 5.19. The second-order valence-electron chi connectivity index (χ2n) is 4.78. The molecule has 0 amide bonds. The van der Waals surface area contributed by atoms with Gasteiger partial charge < -0.3 is 0 Å². The quantitative estimate of drug-likeness (QED) is 0.338. The smallest absolute Gasteiger partial charge is 0.0484 e. The Labute approximate surface area is 128 Å². The highest BCUT2D eigenvalue weighted by atomic mass is 35.5. The fraction of sp³-hybridized carbons (Fsp3) is 0. The highest BCUT2D eigenvalue weighted by Gasteiger charge is 2.05. The van der Waals surface area contributed by atoms with Gasteiger partial charge in [-0.1, -0.05) is 72.3 Å². The molecule has 0 radical (unpaired) electrons. The third kappa shape index (κ3) is 1.84. The van der Waals surface area contributed by atoms with Gasteiger partial charge in [0.05, 0.1) is 0 Å². The number of rotatable bonds is 0. The summed E-state index contributed by atoms with van der Waals surface area (Å²) in [7, 11) is 0. The van der Waals surface area contributed by atoms with E-state index in [1.165, 1.54) is 26.9 Å². The summed E-state index contributed by atoms with van der Waals surface area (Å²) in [4.78, 5) is 0. The van der Waals surface area contributed by atoms with Crippen LogP contribution in [0.15, 0.2) is 66.7 Å². The first-order valence-electron chi connectivity index (χ1n) is 6.33. The monoisotopic (exact) mass is 298 g/mol. The molecule has 4 aromatic carbocycles. The Morgan fingerprint density at radius 1 is 0.500 bits per heavy atom. The van der Waals surface area contributed by atoms with Crippen LogP contribution < -0.4 is 0 Å². The third-order valence-electron chi connectivity index (χ3n) is 3.73. The summed E-state index contributed by atoms with van der Waals surface area (Å²) in [6.07, 6.45) is 0. The van der Waals surface area contributed by atoms with E-state index < -0.39 is 0 Å². The molecule has 0 aliphatic heterocycles. The molecule has 0 saturated carbocycles. The van der Waals surface area contributed by atoms with Crippen molar-refractivity contribution in [2.75, 3.05) is 0 Å². The lowest BCUT2D eigenvalue weighted by atomic mass is 9.97. The summed E-state index contributed by atoms with van der Waals surface area (Å²) in [5.41, 5.74) is 0. The largest absolute Gasteiger partial charge is 0.147 e. The van der Waals surface area contributed by atoms with E-state index in [4.69, 9.17) is 11.6 Å². The van der Waals surface area contributed by atoms with Crippen molar-refractivity contribution >= 4 is 56.3 Å². The Morgan fingerprint density at radius 2 is 1.10 bits per heavy atom. The molecule has 0 unspecified atom stereocenters. The zero-order valence-corrected chi connectivity index (χ0v) is 12.2. The van der Waals surface area contributed by atoms with Crippen LogP contribution in [0.3, 0.4) is 0 Å². The molecule has 0 spiro atoms. The predicted molar refractivity (Wildman–Crippen MR) is 91.2 cm³/mol. The minimum Gasteiger partial charge on any atom is -0.147 e. The van der Waals surface area contributed by atoms with Crippen molar-refractivity contribution in [2.45, 2.75) is 0 Å². The van der Waals surface area contributed by atoms with E-state index in [9.17, 15) is 0 Å². The van der Waals surface area contributed by atoms with Gasteiger partial charge in [0.1, 0.15) is 0 Å². The van der Waals surface area contributed by atoms with Crippen LogP contribution in [0.1, 0.15) is 0 Å². The third-order valence-corrected chi connectivity index (χ3v) is 4.06. The average molecular weight is 299 g/mol. The molecule has 98 valence electrons. The van der Waals surface area contributed by atoms with E-state index in [1.807, 2.05) is 12.1 Å². The van der Waals surface area contributed by atoms with Crippen LogP contribution in [0.4, 0.5) is 0 Å². The Hall–Kier alpha value is -1.76. The summed E-state index contributed by atoms with van der Waals surface area (Å²) in [5.74, 6) is 0. The average Bonchev–Trinajstić information content (AvgIpc) is 2.47. The van der Waals surface area contributed by atoms with Crippen molar-refractivity contribution in [1.29, 1.82) is 0 Å². The zero-order valence-electron chi connectivity index (χ0n) is 10.6. The van der Waals surface area contributed by atoms with Gasteiger partial charge in [0.25, 0.3) is 0 Å². The molecule has 0 saturated heterocycles.